The SMILES string of the molecule is CCCn1nncc1C(=O)Cc1c(F)cccc1Cl. The van der Waals surface area contributed by atoms with Gasteiger partial charge in [-0.3, -0.25) is 4.79 Å². The van der Waals surface area contributed by atoms with Crippen LogP contribution >= 0.6 is 11.6 Å². The number of halogens is 2. The molecule has 2 rings (SSSR count). The van der Waals surface area contributed by atoms with Crippen molar-refractivity contribution >= 4 is 17.4 Å². The molecular formula is C13H13ClFN3O. The predicted molar refractivity (Wildman–Crippen MR) is 69.8 cm³/mol. The molecule has 0 saturated carbocycles. The van der Waals surface area contributed by atoms with Crippen molar-refractivity contribution in [2.75, 3.05) is 0 Å². The standard InChI is InChI=1S/C13H13ClFN3O/c1-2-6-18-12(8-16-17-18)13(19)7-9-10(14)4-3-5-11(9)15/h3-5,8H,2,6-7H2,1H3. The van der Waals surface area contributed by atoms with Gasteiger partial charge in [0.1, 0.15) is 11.5 Å². The third kappa shape index (κ3) is 2.98. The summed E-state index contributed by atoms with van der Waals surface area (Å²) in [6.45, 7) is 2.58. The summed E-state index contributed by atoms with van der Waals surface area (Å²) >= 11 is 5.91. The molecule has 4 nitrogen and oxygen atoms in total. The molecule has 0 unspecified atom stereocenters. The summed E-state index contributed by atoms with van der Waals surface area (Å²) < 4.78 is 15.2. The largest absolute Gasteiger partial charge is 0.292 e. The highest BCUT2D eigenvalue weighted by Gasteiger charge is 2.17. The van der Waals surface area contributed by atoms with Crippen molar-refractivity contribution in [1.82, 2.24) is 15.0 Å². The Morgan fingerprint density at radius 2 is 2.26 bits per heavy atom. The van der Waals surface area contributed by atoms with Crippen molar-refractivity contribution < 1.29 is 9.18 Å². The molecule has 0 spiro atoms. The van der Waals surface area contributed by atoms with Gasteiger partial charge in [-0.15, -0.1) is 5.10 Å². The van der Waals surface area contributed by atoms with E-state index >= 15 is 0 Å². The maximum absolute atomic E-state index is 13.6. The van der Waals surface area contributed by atoms with E-state index in [1.165, 1.54) is 23.0 Å². The lowest BCUT2D eigenvalue weighted by atomic mass is 10.1. The molecule has 0 N–H and O–H groups in total. The Hall–Kier alpha value is -1.75. The minimum atomic E-state index is -0.477. The van der Waals surface area contributed by atoms with Crippen LogP contribution in [0.3, 0.4) is 0 Å². The third-order valence-electron chi connectivity index (χ3n) is 2.74. The van der Waals surface area contributed by atoms with Crippen molar-refractivity contribution in [3.05, 3.63) is 46.5 Å². The molecule has 0 amide bonds. The molecule has 0 saturated heterocycles. The first-order valence-corrected chi connectivity index (χ1v) is 6.35. The zero-order valence-electron chi connectivity index (χ0n) is 10.4. The van der Waals surface area contributed by atoms with Crippen LogP contribution in [0, 0.1) is 5.82 Å². The number of aryl methyl sites for hydroxylation is 1. The zero-order chi connectivity index (χ0) is 13.8. The van der Waals surface area contributed by atoms with Crippen LogP contribution < -0.4 is 0 Å². The lowest BCUT2D eigenvalue weighted by Crippen LogP contribution is -2.13. The van der Waals surface area contributed by atoms with Gasteiger partial charge in [0, 0.05) is 23.6 Å². The topological polar surface area (TPSA) is 47.8 Å². The molecule has 6 heteroatoms. The van der Waals surface area contributed by atoms with Gasteiger partial charge < -0.3 is 0 Å². The number of Topliss-reactive ketones (excluding diaryl/α,β-unsaturated/α-hetero) is 1. The van der Waals surface area contributed by atoms with Gasteiger partial charge in [0.05, 0.1) is 6.20 Å². The van der Waals surface area contributed by atoms with E-state index in [1.807, 2.05) is 6.92 Å². The fraction of sp³-hybridized carbons (Fsp3) is 0.308. The van der Waals surface area contributed by atoms with Gasteiger partial charge in [-0.25, -0.2) is 9.07 Å². The smallest absolute Gasteiger partial charge is 0.187 e. The Morgan fingerprint density at radius 1 is 1.47 bits per heavy atom. The van der Waals surface area contributed by atoms with Gasteiger partial charge in [0.25, 0.3) is 0 Å². The molecular weight excluding hydrogens is 269 g/mol. The average molecular weight is 282 g/mol. The van der Waals surface area contributed by atoms with Crippen LogP contribution in [-0.4, -0.2) is 20.8 Å². The highest BCUT2D eigenvalue weighted by Crippen LogP contribution is 2.20. The van der Waals surface area contributed by atoms with Gasteiger partial charge in [0.15, 0.2) is 5.78 Å². The molecule has 0 aliphatic rings. The minimum absolute atomic E-state index is 0.0946. The van der Waals surface area contributed by atoms with E-state index in [-0.39, 0.29) is 22.8 Å². The maximum atomic E-state index is 13.6. The van der Waals surface area contributed by atoms with Crippen molar-refractivity contribution in [2.45, 2.75) is 26.3 Å². The monoisotopic (exact) mass is 281 g/mol. The summed E-state index contributed by atoms with van der Waals surface area (Å²) in [5.74, 6) is -0.721. The first kappa shape index (κ1) is 13.7. The van der Waals surface area contributed by atoms with Gasteiger partial charge >= 0.3 is 0 Å². The highest BCUT2D eigenvalue weighted by molar-refractivity contribution is 6.31. The average Bonchev–Trinajstić information content (AvgIpc) is 2.83. The van der Waals surface area contributed by atoms with Crippen LogP contribution in [0.25, 0.3) is 0 Å². The molecule has 1 aromatic heterocycles. The molecule has 0 atom stereocenters. The summed E-state index contributed by atoms with van der Waals surface area (Å²) in [7, 11) is 0. The number of nitrogens with zero attached hydrogens (tertiary/aromatic N) is 3. The third-order valence-corrected chi connectivity index (χ3v) is 3.09. The van der Waals surface area contributed by atoms with E-state index in [0.29, 0.717) is 12.2 Å². The highest BCUT2D eigenvalue weighted by atomic mass is 35.5. The second-order valence-electron chi connectivity index (χ2n) is 4.14. The predicted octanol–water partition coefficient (Wildman–Crippen LogP) is 2.91. The Kier molecular flexibility index (Phi) is 4.27. The number of carbonyl (C=O) groups is 1. The van der Waals surface area contributed by atoms with Crippen molar-refractivity contribution in [3.8, 4) is 0 Å². The summed E-state index contributed by atoms with van der Waals surface area (Å²) in [6.07, 6.45) is 2.14. The van der Waals surface area contributed by atoms with Gasteiger partial charge in [-0.2, -0.15) is 0 Å². The van der Waals surface area contributed by atoms with E-state index in [2.05, 4.69) is 10.3 Å². The van der Waals surface area contributed by atoms with Gasteiger partial charge in [0.2, 0.25) is 0 Å². The number of carbonyl (C=O) groups excluding carboxylic acids is 1. The van der Waals surface area contributed by atoms with Crippen LogP contribution in [-0.2, 0) is 13.0 Å². The molecule has 0 aliphatic carbocycles. The Balaban J connectivity index is 2.24. The maximum Gasteiger partial charge on any atom is 0.187 e. The summed E-state index contributed by atoms with van der Waals surface area (Å²) in [5, 5.41) is 7.80. The number of hydrogen-bond donors (Lipinski definition) is 0. The van der Waals surface area contributed by atoms with E-state index in [1.54, 1.807) is 6.07 Å². The summed E-state index contributed by atoms with van der Waals surface area (Å²) in [6, 6.07) is 4.36. The molecule has 0 radical (unpaired) electrons. The fourth-order valence-corrected chi connectivity index (χ4v) is 2.03. The first-order chi connectivity index (χ1) is 9.13. The van der Waals surface area contributed by atoms with E-state index in [4.69, 9.17) is 11.6 Å². The molecule has 0 aliphatic heterocycles. The number of benzene rings is 1. The molecule has 1 aromatic carbocycles. The zero-order valence-corrected chi connectivity index (χ0v) is 11.2. The van der Waals surface area contributed by atoms with E-state index < -0.39 is 5.82 Å². The molecule has 2 aromatic rings. The summed E-state index contributed by atoms with van der Waals surface area (Å²) in [5.41, 5.74) is 0.583. The van der Waals surface area contributed by atoms with Crippen molar-refractivity contribution in [2.24, 2.45) is 0 Å². The van der Waals surface area contributed by atoms with Crippen LogP contribution in [0.1, 0.15) is 29.4 Å². The normalized spacial score (nSPS) is 10.7. The molecule has 0 bridgehead atoms. The number of ketones is 1. The molecule has 100 valence electrons. The second kappa shape index (κ2) is 5.93. The van der Waals surface area contributed by atoms with Crippen LogP contribution in [0.4, 0.5) is 4.39 Å². The molecule has 1 heterocycles. The Bertz CT molecular complexity index is 577. The van der Waals surface area contributed by atoms with Crippen LogP contribution in [0.15, 0.2) is 24.4 Å². The van der Waals surface area contributed by atoms with E-state index in [0.717, 1.165) is 6.42 Å². The second-order valence-corrected chi connectivity index (χ2v) is 4.55. The van der Waals surface area contributed by atoms with Crippen LogP contribution in [0.5, 0.6) is 0 Å². The van der Waals surface area contributed by atoms with E-state index in [9.17, 15) is 9.18 Å². The van der Waals surface area contributed by atoms with Gasteiger partial charge in [-0.1, -0.05) is 29.8 Å². The Morgan fingerprint density at radius 3 is 2.95 bits per heavy atom. The lowest BCUT2D eigenvalue weighted by Gasteiger charge is -2.06. The molecule has 19 heavy (non-hydrogen) atoms. The first-order valence-electron chi connectivity index (χ1n) is 5.98. The van der Waals surface area contributed by atoms with Crippen molar-refractivity contribution in [1.29, 1.82) is 0 Å². The summed E-state index contributed by atoms with van der Waals surface area (Å²) in [4.78, 5) is 12.1. The Labute approximate surface area is 115 Å². The number of rotatable bonds is 5. The van der Waals surface area contributed by atoms with Gasteiger partial charge in [-0.05, 0) is 18.6 Å². The number of hydrogen-bond acceptors (Lipinski definition) is 3. The van der Waals surface area contributed by atoms with Crippen molar-refractivity contribution in [3.63, 3.8) is 0 Å². The fourth-order valence-electron chi connectivity index (χ4n) is 1.80. The lowest BCUT2D eigenvalue weighted by molar-refractivity contribution is 0.0981. The minimum Gasteiger partial charge on any atom is -0.292 e. The number of aromatic nitrogens is 3. The molecule has 0 fully saturated rings. The van der Waals surface area contributed by atoms with Crippen LogP contribution in [0.2, 0.25) is 5.02 Å². The quantitative estimate of drug-likeness (QED) is 0.792.